The highest BCUT2D eigenvalue weighted by Gasteiger charge is 2.49. The van der Waals surface area contributed by atoms with Gasteiger partial charge in [0.2, 0.25) is 0 Å². The Kier molecular flexibility index (Phi) is 4.81. The topological polar surface area (TPSA) is 78.9 Å². The quantitative estimate of drug-likeness (QED) is 0.755. The number of aliphatic hydroxyl groups is 1. The highest BCUT2D eigenvalue weighted by molar-refractivity contribution is 6.07. The van der Waals surface area contributed by atoms with E-state index in [-0.39, 0.29) is 19.1 Å². The van der Waals surface area contributed by atoms with Gasteiger partial charge < -0.3 is 15.2 Å². The first kappa shape index (κ1) is 18.5. The number of imide groups is 1. The molecule has 6 heteroatoms. The summed E-state index contributed by atoms with van der Waals surface area (Å²) in [6, 6.07) is 14.6. The molecule has 3 amide bonds. The SMILES string of the molecule is C[C@@]1(c2ccc3c(c2)CCC3)NC(=O)N(C[C@H](O)COc2ccccc2)C1=O. The fraction of sp³-hybridized carbons (Fsp3) is 0.364. The number of aryl methyl sites for hydroxylation is 2. The molecule has 0 spiro atoms. The predicted octanol–water partition coefficient (Wildman–Crippen LogP) is 2.38. The van der Waals surface area contributed by atoms with Gasteiger partial charge in [-0.1, -0.05) is 36.4 Å². The van der Waals surface area contributed by atoms with E-state index in [9.17, 15) is 14.7 Å². The van der Waals surface area contributed by atoms with Crippen LogP contribution in [0.15, 0.2) is 48.5 Å². The number of nitrogens with zero attached hydrogens (tertiary/aromatic N) is 1. The number of para-hydroxylation sites is 1. The number of hydrogen-bond donors (Lipinski definition) is 2. The smallest absolute Gasteiger partial charge is 0.325 e. The van der Waals surface area contributed by atoms with Crippen LogP contribution in [0.3, 0.4) is 0 Å². The molecule has 2 aromatic rings. The van der Waals surface area contributed by atoms with Gasteiger partial charge in [0.15, 0.2) is 0 Å². The van der Waals surface area contributed by atoms with Crippen LogP contribution in [-0.4, -0.2) is 41.2 Å². The fourth-order valence-corrected chi connectivity index (χ4v) is 3.91. The number of β-amino-alcohol motifs (C(OH)–C–C–N with tert-alkyl or cyclic N) is 1. The van der Waals surface area contributed by atoms with Gasteiger partial charge in [-0.25, -0.2) is 4.79 Å². The molecule has 6 nitrogen and oxygen atoms in total. The molecule has 1 saturated heterocycles. The lowest BCUT2D eigenvalue weighted by Crippen LogP contribution is -2.42. The van der Waals surface area contributed by atoms with Crippen molar-refractivity contribution in [2.45, 2.75) is 37.8 Å². The van der Waals surface area contributed by atoms with Crippen LogP contribution in [0.5, 0.6) is 5.75 Å². The van der Waals surface area contributed by atoms with E-state index in [0.29, 0.717) is 5.75 Å². The second kappa shape index (κ2) is 7.28. The predicted molar refractivity (Wildman–Crippen MR) is 104 cm³/mol. The van der Waals surface area contributed by atoms with Crippen molar-refractivity contribution in [3.05, 3.63) is 65.2 Å². The van der Waals surface area contributed by atoms with Crippen molar-refractivity contribution in [3.63, 3.8) is 0 Å². The summed E-state index contributed by atoms with van der Waals surface area (Å²) in [4.78, 5) is 26.6. The highest BCUT2D eigenvalue weighted by atomic mass is 16.5. The zero-order valence-electron chi connectivity index (χ0n) is 15.9. The van der Waals surface area contributed by atoms with E-state index in [0.717, 1.165) is 29.7 Å². The number of aliphatic hydroxyl groups excluding tert-OH is 1. The lowest BCUT2D eigenvalue weighted by atomic mass is 9.89. The number of rotatable bonds is 6. The molecule has 1 fully saturated rings. The molecule has 0 saturated carbocycles. The molecule has 0 radical (unpaired) electrons. The summed E-state index contributed by atoms with van der Waals surface area (Å²) in [5.41, 5.74) is 2.23. The minimum Gasteiger partial charge on any atom is -0.491 e. The summed E-state index contributed by atoms with van der Waals surface area (Å²) in [5.74, 6) is 0.274. The van der Waals surface area contributed by atoms with Crippen molar-refractivity contribution in [1.82, 2.24) is 10.2 Å². The van der Waals surface area contributed by atoms with Gasteiger partial charge in [0.25, 0.3) is 5.91 Å². The van der Waals surface area contributed by atoms with Crippen LogP contribution in [0.4, 0.5) is 4.79 Å². The number of amides is 3. The van der Waals surface area contributed by atoms with Crippen LogP contribution < -0.4 is 10.1 Å². The zero-order chi connectivity index (χ0) is 19.7. The van der Waals surface area contributed by atoms with Crippen molar-refractivity contribution in [1.29, 1.82) is 0 Å². The summed E-state index contributed by atoms with van der Waals surface area (Å²) in [5, 5.41) is 13.1. The Balaban J connectivity index is 1.44. The van der Waals surface area contributed by atoms with E-state index in [4.69, 9.17) is 4.74 Å². The fourth-order valence-electron chi connectivity index (χ4n) is 3.91. The molecular formula is C22H24N2O4. The summed E-state index contributed by atoms with van der Waals surface area (Å²) in [6.45, 7) is 1.60. The number of urea groups is 1. The Bertz CT molecular complexity index is 899. The molecule has 1 aliphatic heterocycles. The minimum atomic E-state index is -1.12. The molecule has 2 aromatic carbocycles. The van der Waals surface area contributed by atoms with Crippen molar-refractivity contribution in [2.24, 2.45) is 0 Å². The Labute approximate surface area is 164 Å². The lowest BCUT2D eigenvalue weighted by molar-refractivity contribution is -0.132. The molecular weight excluding hydrogens is 356 g/mol. The monoisotopic (exact) mass is 380 g/mol. The third-order valence-electron chi connectivity index (χ3n) is 5.53. The van der Waals surface area contributed by atoms with Gasteiger partial charge >= 0.3 is 6.03 Å². The summed E-state index contributed by atoms with van der Waals surface area (Å²) in [6.07, 6.45) is 2.21. The number of carbonyl (C=O) groups excluding carboxylic acids is 2. The van der Waals surface area contributed by atoms with E-state index in [1.165, 1.54) is 11.1 Å². The van der Waals surface area contributed by atoms with E-state index >= 15 is 0 Å². The maximum Gasteiger partial charge on any atom is 0.325 e. The number of ether oxygens (including phenoxy) is 1. The average Bonchev–Trinajstić information content (AvgIpc) is 3.25. The summed E-state index contributed by atoms with van der Waals surface area (Å²) in [7, 11) is 0. The molecule has 146 valence electrons. The van der Waals surface area contributed by atoms with Gasteiger partial charge in [-0.2, -0.15) is 0 Å². The second-order valence-corrected chi connectivity index (χ2v) is 7.59. The first-order valence-corrected chi connectivity index (χ1v) is 9.60. The van der Waals surface area contributed by atoms with Crippen molar-refractivity contribution < 1.29 is 19.4 Å². The molecule has 4 rings (SSSR count). The lowest BCUT2D eigenvalue weighted by Gasteiger charge is -2.24. The van der Waals surface area contributed by atoms with E-state index in [2.05, 4.69) is 5.32 Å². The number of hydrogen-bond acceptors (Lipinski definition) is 4. The maximum absolute atomic E-state index is 13.0. The van der Waals surface area contributed by atoms with Crippen molar-refractivity contribution in [2.75, 3.05) is 13.2 Å². The third kappa shape index (κ3) is 3.36. The first-order chi connectivity index (χ1) is 13.5. The molecule has 28 heavy (non-hydrogen) atoms. The molecule has 0 aromatic heterocycles. The summed E-state index contributed by atoms with van der Waals surface area (Å²) >= 11 is 0. The van der Waals surface area contributed by atoms with Crippen LogP contribution in [0.25, 0.3) is 0 Å². The van der Waals surface area contributed by atoms with E-state index in [1.54, 1.807) is 19.1 Å². The Morgan fingerprint density at radius 2 is 1.89 bits per heavy atom. The molecule has 1 heterocycles. The summed E-state index contributed by atoms with van der Waals surface area (Å²) < 4.78 is 5.52. The van der Waals surface area contributed by atoms with Crippen molar-refractivity contribution in [3.8, 4) is 5.75 Å². The standard InChI is InChI=1S/C22H24N2O4/c1-22(17-11-10-15-6-5-7-16(15)12-17)20(26)24(21(27)23-22)13-18(25)14-28-19-8-3-2-4-9-19/h2-4,8-12,18,25H,5-7,13-14H2,1H3,(H,23,27)/t18-,22-/m0/s1. The molecule has 2 aliphatic rings. The number of fused-ring (bicyclic) bond motifs is 1. The van der Waals surface area contributed by atoms with Crippen LogP contribution in [0.1, 0.15) is 30.0 Å². The molecule has 2 atom stereocenters. The van der Waals surface area contributed by atoms with Crippen LogP contribution in [0, 0.1) is 0 Å². The first-order valence-electron chi connectivity index (χ1n) is 9.60. The van der Waals surface area contributed by atoms with Crippen molar-refractivity contribution >= 4 is 11.9 Å². The van der Waals surface area contributed by atoms with Gasteiger partial charge in [0.05, 0.1) is 6.54 Å². The van der Waals surface area contributed by atoms with Crippen LogP contribution >= 0.6 is 0 Å². The molecule has 1 aliphatic carbocycles. The molecule has 0 unspecified atom stereocenters. The largest absolute Gasteiger partial charge is 0.491 e. The van der Waals surface area contributed by atoms with E-state index < -0.39 is 17.7 Å². The van der Waals surface area contributed by atoms with Gasteiger partial charge in [-0.3, -0.25) is 9.69 Å². The zero-order valence-corrected chi connectivity index (χ0v) is 15.9. The second-order valence-electron chi connectivity index (χ2n) is 7.59. The normalized spacial score (nSPS) is 22.1. The molecule has 0 bridgehead atoms. The average molecular weight is 380 g/mol. The van der Waals surface area contributed by atoms with Crippen LogP contribution in [-0.2, 0) is 23.2 Å². The number of benzene rings is 2. The Hall–Kier alpha value is -2.86. The van der Waals surface area contributed by atoms with Crippen LogP contribution in [0.2, 0.25) is 0 Å². The Morgan fingerprint density at radius 3 is 2.68 bits per heavy atom. The van der Waals surface area contributed by atoms with Gasteiger partial charge in [-0.15, -0.1) is 0 Å². The Morgan fingerprint density at radius 1 is 1.14 bits per heavy atom. The highest BCUT2D eigenvalue weighted by Crippen LogP contribution is 2.32. The van der Waals surface area contributed by atoms with Gasteiger partial charge in [0, 0.05) is 0 Å². The molecule has 2 N–H and O–H groups in total. The number of nitrogens with one attached hydrogen (secondary N) is 1. The minimum absolute atomic E-state index is 0.00334. The van der Waals surface area contributed by atoms with Gasteiger partial charge in [0.1, 0.15) is 24.0 Å². The maximum atomic E-state index is 13.0. The number of carbonyl (C=O) groups is 2. The van der Waals surface area contributed by atoms with E-state index in [1.807, 2.05) is 36.4 Å². The third-order valence-corrected chi connectivity index (χ3v) is 5.53. The van der Waals surface area contributed by atoms with Gasteiger partial charge in [-0.05, 0) is 55.0 Å².